The minimum atomic E-state index is -1.04. The molecular formula is C27H23N3O9S. The number of aromatic nitrogens is 1. The van der Waals surface area contributed by atoms with Gasteiger partial charge in [0.2, 0.25) is 0 Å². The Bertz CT molecular complexity index is 1770. The van der Waals surface area contributed by atoms with E-state index in [0.717, 1.165) is 11.3 Å². The Kier molecular flexibility index (Phi) is 8.05. The molecule has 206 valence electrons. The number of nitrogens with zero attached hydrogens (tertiary/aromatic N) is 3. The predicted octanol–water partition coefficient (Wildman–Crippen LogP) is 2.56. The van der Waals surface area contributed by atoms with Gasteiger partial charge in [-0.15, -0.1) is 0 Å². The summed E-state index contributed by atoms with van der Waals surface area (Å²) in [5.74, 6) is -1.70. The summed E-state index contributed by atoms with van der Waals surface area (Å²) in [6, 6.07) is 8.96. The monoisotopic (exact) mass is 565 g/mol. The lowest BCUT2D eigenvalue weighted by atomic mass is 9.95. The Labute approximate surface area is 230 Å². The second kappa shape index (κ2) is 11.5. The molecule has 1 aliphatic heterocycles. The van der Waals surface area contributed by atoms with E-state index in [-0.39, 0.29) is 38.7 Å². The molecule has 0 fully saturated rings. The number of nitro groups is 1. The van der Waals surface area contributed by atoms with E-state index >= 15 is 0 Å². The highest BCUT2D eigenvalue weighted by molar-refractivity contribution is 7.07. The third-order valence-corrected chi connectivity index (χ3v) is 6.68. The molecule has 0 amide bonds. The zero-order valence-corrected chi connectivity index (χ0v) is 22.6. The van der Waals surface area contributed by atoms with Gasteiger partial charge >= 0.3 is 17.9 Å². The molecule has 0 saturated carbocycles. The van der Waals surface area contributed by atoms with Crippen LogP contribution in [0.4, 0.5) is 5.69 Å². The van der Waals surface area contributed by atoms with Crippen molar-refractivity contribution in [2.24, 2.45) is 4.99 Å². The second-order valence-electron chi connectivity index (χ2n) is 8.54. The minimum Gasteiger partial charge on any atom is -0.463 e. The summed E-state index contributed by atoms with van der Waals surface area (Å²) in [6.07, 6.45) is 1.48. The molecule has 13 heteroatoms. The first-order valence-corrected chi connectivity index (χ1v) is 12.8. The molecular weight excluding hydrogens is 542 g/mol. The summed E-state index contributed by atoms with van der Waals surface area (Å²) in [5, 5.41) is 11.5. The standard InChI is InChI=1S/C27H23N3O9S/c1-5-37-26(34)23-14(2)28-27-29(24(23)18-7-6-8-19(11-18)30(35)36)25(33)22(40-27)12-17-9-10-20(38-15(3)31)13-21(17)39-16(4)32/h6-13,24H,5H2,1-4H3/b22-12-/t24-/m1/s1. The van der Waals surface area contributed by atoms with E-state index < -0.39 is 34.4 Å². The average molecular weight is 566 g/mol. The number of hydrogen-bond acceptors (Lipinski definition) is 11. The van der Waals surface area contributed by atoms with Crippen LogP contribution in [-0.4, -0.2) is 34.0 Å². The number of carbonyl (C=O) groups excluding carboxylic acids is 3. The first-order valence-electron chi connectivity index (χ1n) is 11.9. The summed E-state index contributed by atoms with van der Waals surface area (Å²) in [6.45, 7) is 5.74. The molecule has 0 bridgehead atoms. The number of allylic oxidation sites excluding steroid dienone is 1. The molecule has 0 saturated heterocycles. The van der Waals surface area contributed by atoms with Gasteiger partial charge in [0, 0.05) is 37.6 Å². The SMILES string of the molecule is CCOC(=O)C1=C(C)N=c2s/c(=C\c3ccc(OC(C)=O)cc3OC(C)=O)c(=O)n2[C@@H]1c1cccc([N+](=O)[O-])c1. The minimum absolute atomic E-state index is 0.0516. The highest BCUT2D eigenvalue weighted by Crippen LogP contribution is 2.32. The van der Waals surface area contributed by atoms with Gasteiger partial charge in [-0.05, 0) is 37.6 Å². The maximum Gasteiger partial charge on any atom is 0.338 e. The van der Waals surface area contributed by atoms with Crippen LogP contribution in [0.25, 0.3) is 6.08 Å². The number of esters is 3. The van der Waals surface area contributed by atoms with Crippen LogP contribution in [0.1, 0.15) is 44.9 Å². The van der Waals surface area contributed by atoms with E-state index in [1.54, 1.807) is 19.9 Å². The molecule has 4 rings (SSSR count). The van der Waals surface area contributed by atoms with Crippen molar-refractivity contribution in [2.45, 2.75) is 33.7 Å². The van der Waals surface area contributed by atoms with E-state index in [9.17, 15) is 29.3 Å². The lowest BCUT2D eigenvalue weighted by Gasteiger charge is -2.24. The molecule has 2 heterocycles. The molecule has 1 atom stereocenters. The molecule has 1 aromatic heterocycles. The quantitative estimate of drug-likeness (QED) is 0.182. The lowest BCUT2D eigenvalue weighted by Crippen LogP contribution is -2.40. The van der Waals surface area contributed by atoms with Crippen LogP contribution in [0, 0.1) is 10.1 Å². The van der Waals surface area contributed by atoms with Crippen LogP contribution in [0.5, 0.6) is 11.5 Å². The number of fused-ring (bicyclic) bond motifs is 1. The van der Waals surface area contributed by atoms with Crippen molar-refractivity contribution in [1.82, 2.24) is 4.57 Å². The van der Waals surface area contributed by atoms with Gasteiger partial charge in [0.05, 0.1) is 33.4 Å². The maximum absolute atomic E-state index is 13.8. The molecule has 1 aliphatic rings. The molecule has 3 aromatic rings. The molecule has 2 aromatic carbocycles. The number of rotatable bonds is 7. The number of hydrogen-bond donors (Lipinski definition) is 0. The fourth-order valence-electron chi connectivity index (χ4n) is 4.16. The Morgan fingerprint density at radius 1 is 1.12 bits per heavy atom. The fraction of sp³-hybridized carbons (Fsp3) is 0.222. The van der Waals surface area contributed by atoms with Crippen LogP contribution in [-0.2, 0) is 19.1 Å². The van der Waals surface area contributed by atoms with Crippen molar-refractivity contribution in [3.05, 3.63) is 94.7 Å². The fourth-order valence-corrected chi connectivity index (χ4v) is 5.20. The van der Waals surface area contributed by atoms with Gasteiger partial charge in [-0.3, -0.25) is 29.1 Å². The molecule has 40 heavy (non-hydrogen) atoms. The highest BCUT2D eigenvalue weighted by atomic mass is 32.1. The van der Waals surface area contributed by atoms with E-state index in [1.165, 1.54) is 60.9 Å². The molecule has 0 radical (unpaired) electrons. The molecule has 0 aliphatic carbocycles. The van der Waals surface area contributed by atoms with E-state index in [1.807, 2.05) is 0 Å². The highest BCUT2D eigenvalue weighted by Gasteiger charge is 2.34. The Morgan fingerprint density at radius 2 is 1.85 bits per heavy atom. The topological polar surface area (TPSA) is 156 Å². The van der Waals surface area contributed by atoms with Crippen molar-refractivity contribution in [1.29, 1.82) is 0 Å². The van der Waals surface area contributed by atoms with Crippen LogP contribution in [0.3, 0.4) is 0 Å². The van der Waals surface area contributed by atoms with Crippen LogP contribution in [0.15, 0.2) is 63.5 Å². The van der Waals surface area contributed by atoms with Crippen molar-refractivity contribution in [3.8, 4) is 11.5 Å². The molecule has 0 spiro atoms. The Hall–Kier alpha value is -4.91. The van der Waals surface area contributed by atoms with Gasteiger partial charge in [0.15, 0.2) is 4.80 Å². The normalized spacial score (nSPS) is 14.7. The van der Waals surface area contributed by atoms with E-state index in [0.29, 0.717) is 16.8 Å². The third kappa shape index (κ3) is 5.73. The van der Waals surface area contributed by atoms with Gasteiger partial charge in [0.1, 0.15) is 11.5 Å². The number of thiazole rings is 1. The van der Waals surface area contributed by atoms with Crippen LogP contribution < -0.4 is 24.4 Å². The average Bonchev–Trinajstić information content (AvgIpc) is 3.18. The number of carbonyl (C=O) groups is 3. The summed E-state index contributed by atoms with van der Waals surface area (Å²) in [4.78, 5) is 65.5. The Morgan fingerprint density at radius 3 is 2.50 bits per heavy atom. The zero-order chi connectivity index (χ0) is 29.1. The zero-order valence-electron chi connectivity index (χ0n) is 21.8. The van der Waals surface area contributed by atoms with Crippen molar-refractivity contribution >= 4 is 41.0 Å². The Balaban J connectivity index is 1.95. The number of ether oxygens (including phenoxy) is 3. The van der Waals surface area contributed by atoms with Gasteiger partial charge in [0.25, 0.3) is 11.2 Å². The van der Waals surface area contributed by atoms with Crippen molar-refractivity contribution < 1.29 is 33.5 Å². The predicted molar refractivity (Wildman–Crippen MR) is 143 cm³/mol. The molecule has 0 N–H and O–H groups in total. The molecule has 0 unspecified atom stereocenters. The van der Waals surface area contributed by atoms with Gasteiger partial charge in [-0.25, -0.2) is 9.79 Å². The largest absolute Gasteiger partial charge is 0.463 e. The van der Waals surface area contributed by atoms with Crippen molar-refractivity contribution in [2.75, 3.05) is 6.61 Å². The second-order valence-corrected chi connectivity index (χ2v) is 9.55. The number of nitro benzene ring substituents is 1. The number of benzene rings is 2. The first kappa shape index (κ1) is 28.1. The van der Waals surface area contributed by atoms with Gasteiger partial charge < -0.3 is 14.2 Å². The van der Waals surface area contributed by atoms with E-state index in [4.69, 9.17) is 14.2 Å². The van der Waals surface area contributed by atoms with Crippen molar-refractivity contribution in [3.63, 3.8) is 0 Å². The smallest absolute Gasteiger partial charge is 0.338 e. The first-order chi connectivity index (χ1) is 19.0. The summed E-state index contributed by atoms with van der Waals surface area (Å²) < 4.78 is 17.0. The summed E-state index contributed by atoms with van der Waals surface area (Å²) >= 11 is 1.02. The maximum atomic E-state index is 13.8. The summed E-state index contributed by atoms with van der Waals surface area (Å²) in [7, 11) is 0. The lowest BCUT2D eigenvalue weighted by molar-refractivity contribution is -0.384. The van der Waals surface area contributed by atoms with Gasteiger partial charge in [-0.1, -0.05) is 23.5 Å². The van der Waals surface area contributed by atoms with Crippen LogP contribution in [0.2, 0.25) is 0 Å². The van der Waals surface area contributed by atoms with Gasteiger partial charge in [-0.2, -0.15) is 0 Å². The van der Waals surface area contributed by atoms with Crippen LogP contribution >= 0.6 is 11.3 Å². The third-order valence-electron chi connectivity index (χ3n) is 5.70. The van der Waals surface area contributed by atoms with E-state index in [2.05, 4.69) is 4.99 Å². The number of non-ortho nitro benzene ring substituents is 1. The molecule has 12 nitrogen and oxygen atoms in total. The summed E-state index contributed by atoms with van der Waals surface area (Å²) in [5.41, 5.74) is 0.292.